The zero-order chi connectivity index (χ0) is 17.6. The molecule has 1 fully saturated rings. The molecule has 2 aromatic rings. The first-order valence-corrected chi connectivity index (χ1v) is 8.63. The number of amides is 2. The van der Waals surface area contributed by atoms with E-state index in [1.807, 2.05) is 19.1 Å². The average Bonchev–Trinajstić information content (AvgIpc) is 2.63. The highest BCUT2D eigenvalue weighted by molar-refractivity contribution is 6.07. The Balaban J connectivity index is 1.72. The van der Waals surface area contributed by atoms with Crippen LogP contribution in [0.15, 0.2) is 36.7 Å². The molecular weight excluding hydrogens is 316 g/mol. The van der Waals surface area contributed by atoms with E-state index in [0.717, 1.165) is 31.2 Å². The van der Waals surface area contributed by atoms with Crippen LogP contribution in [0, 0.1) is 6.92 Å². The lowest BCUT2D eigenvalue weighted by molar-refractivity contribution is 0.0923. The number of nitrogens with zero attached hydrogens (tertiary/aromatic N) is 2. The maximum atomic E-state index is 12.5. The molecule has 0 radical (unpaired) electrons. The molecule has 0 aliphatic heterocycles. The van der Waals surface area contributed by atoms with Crippen LogP contribution in [0.1, 0.15) is 58.5 Å². The number of nitrogens with one attached hydrogen (secondary N) is 2. The van der Waals surface area contributed by atoms with Crippen molar-refractivity contribution in [2.75, 3.05) is 5.32 Å². The summed E-state index contributed by atoms with van der Waals surface area (Å²) < 4.78 is 0. The van der Waals surface area contributed by atoms with Crippen LogP contribution in [0.2, 0.25) is 0 Å². The molecule has 1 aromatic carbocycles. The SMILES string of the molecule is Cc1ccc(C(=O)Nc2nccnc2C(=O)NC2CCCCC2)cc1. The number of hydrogen-bond acceptors (Lipinski definition) is 4. The first kappa shape index (κ1) is 17.1. The number of hydrogen-bond donors (Lipinski definition) is 2. The van der Waals surface area contributed by atoms with Crippen LogP contribution in [-0.4, -0.2) is 27.8 Å². The molecule has 0 saturated heterocycles. The van der Waals surface area contributed by atoms with E-state index < -0.39 is 0 Å². The summed E-state index contributed by atoms with van der Waals surface area (Å²) in [5.41, 5.74) is 1.73. The summed E-state index contributed by atoms with van der Waals surface area (Å²) in [5, 5.41) is 5.69. The Labute approximate surface area is 147 Å². The van der Waals surface area contributed by atoms with Gasteiger partial charge in [-0.05, 0) is 31.9 Å². The Morgan fingerprint density at radius 1 is 0.960 bits per heavy atom. The standard InChI is InChI=1S/C19H22N4O2/c1-13-7-9-14(10-8-13)18(24)23-17-16(20-11-12-21-17)19(25)22-15-5-3-2-4-6-15/h7-12,15H,2-6H2,1H3,(H,22,25)(H,21,23,24). The smallest absolute Gasteiger partial charge is 0.273 e. The quantitative estimate of drug-likeness (QED) is 0.897. The Kier molecular flexibility index (Phi) is 5.38. The molecule has 3 rings (SSSR count). The fourth-order valence-electron chi connectivity index (χ4n) is 2.98. The predicted molar refractivity (Wildman–Crippen MR) is 95.5 cm³/mol. The molecule has 1 heterocycles. The molecule has 130 valence electrons. The first-order chi connectivity index (χ1) is 12.1. The molecule has 6 nitrogen and oxygen atoms in total. The summed E-state index contributed by atoms with van der Waals surface area (Å²) in [6.45, 7) is 1.96. The number of carbonyl (C=O) groups is 2. The highest BCUT2D eigenvalue weighted by atomic mass is 16.2. The monoisotopic (exact) mass is 338 g/mol. The van der Waals surface area contributed by atoms with E-state index in [1.165, 1.54) is 18.8 Å². The van der Waals surface area contributed by atoms with Crippen molar-refractivity contribution in [3.8, 4) is 0 Å². The lowest BCUT2D eigenvalue weighted by atomic mass is 9.95. The van der Waals surface area contributed by atoms with E-state index in [-0.39, 0.29) is 29.4 Å². The second kappa shape index (κ2) is 7.88. The van der Waals surface area contributed by atoms with Crippen molar-refractivity contribution in [1.82, 2.24) is 15.3 Å². The van der Waals surface area contributed by atoms with Gasteiger partial charge >= 0.3 is 0 Å². The molecule has 1 aliphatic rings. The summed E-state index contributed by atoms with van der Waals surface area (Å²) in [6, 6.07) is 7.37. The van der Waals surface area contributed by atoms with Crippen molar-refractivity contribution in [1.29, 1.82) is 0 Å². The summed E-state index contributed by atoms with van der Waals surface area (Å²) in [4.78, 5) is 33.1. The third-order valence-corrected chi connectivity index (χ3v) is 4.40. The highest BCUT2D eigenvalue weighted by Gasteiger charge is 2.21. The van der Waals surface area contributed by atoms with E-state index >= 15 is 0 Å². The fourth-order valence-corrected chi connectivity index (χ4v) is 2.98. The van der Waals surface area contributed by atoms with Crippen LogP contribution in [0.4, 0.5) is 5.82 Å². The van der Waals surface area contributed by atoms with Gasteiger partial charge in [0, 0.05) is 24.0 Å². The van der Waals surface area contributed by atoms with E-state index in [1.54, 1.807) is 12.1 Å². The number of rotatable bonds is 4. The van der Waals surface area contributed by atoms with Gasteiger partial charge in [0.2, 0.25) is 0 Å². The molecular formula is C19H22N4O2. The Morgan fingerprint density at radius 2 is 1.64 bits per heavy atom. The zero-order valence-corrected chi connectivity index (χ0v) is 14.3. The molecule has 1 aliphatic carbocycles. The van der Waals surface area contributed by atoms with Gasteiger partial charge in [-0.15, -0.1) is 0 Å². The van der Waals surface area contributed by atoms with Crippen LogP contribution in [-0.2, 0) is 0 Å². The normalized spacial score (nSPS) is 14.8. The minimum atomic E-state index is -0.313. The van der Waals surface area contributed by atoms with Crippen LogP contribution in [0.25, 0.3) is 0 Å². The molecule has 0 spiro atoms. The lowest BCUT2D eigenvalue weighted by Gasteiger charge is -2.22. The number of anilines is 1. The number of benzene rings is 1. The van der Waals surface area contributed by atoms with E-state index in [9.17, 15) is 9.59 Å². The van der Waals surface area contributed by atoms with Gasteiger partial charge < -0.3 is 10.6 Å². The summed E-state index contributed by atoms with van der Waals surface area (Å²) in [7, 11) is 0. The maximum Gasteiger partial charge on any atom is 0.273 e. The van der Waals surface area contributed by atoms with Crippen molar-refractivity contribution in [3.05, 3.63) is 53.5 Å². The zero-order valence-electron chi connectivity index (χ0n) is 14.3. The number of aromatic nitrogens is 2. The first-order valence-electron chi connectivity index (χ1n) is 8.63. The predicted octanol–water partition coefficient (Wildman–Crippen LogP) is 3.10. The van der Waals surface area contributed by atoms with Crippen molar-refractivity contribution >= 4 is 17.6 Å². The second-order valence-electron chi connectivity index (χ2n) is 6.38. The van der Waals surface area contributed by atoms with Gasteiger partial charge in [0.25, 0.3) is 11.8 Å². The molecule has 0 atom stereocenters. The van der Waals surface area contributed by atoms with Gasteiger partial charge in [0.15, 0.2) is 11.5 Å². The van der Waals surface area contributed by atoms with Gasteiger partial charge in [-0.1, -0.05) is 37.0 Å². The molecule has 2 amide bonds. The lowest BCUT2D eigenvalue weighted by Crippen LogP contribution is -2.37. The van der Waals surface area contributed by atoms with Crippen molar-refractivity contribution in [2.45, 2.75) is 45.1 Å². The number of carbonyl (C=O) groups excluding carboxylic acids is 2. The van der Waals surface area contributed by atoms with Gasteiger partial charge in [0.1, 0.15) is 0 Å². The maximum absolute atomic E-state index is 12.5. The van der Waals surface area contributed by atoms with Crippen molar-refractivity contribution in [2.24, 2.45) is 0 Å². The molecule has 0 bridgehead atoms. The van der Waals surface area contributed by atoms with Crippen molar-refractivity contribution in [3.63, 3.8) is 0 Å². The van der Waals surface area contributed by atoms with Gasteiger partial charge in [-0.25, -0.2) is 9.97 Å². The third-order valence-electron chi connectivity index (χ3n) is 4.40. The summed E-state index contributed by atoms with van der Waals surface area (Å²) in [5.74, 6) is -0.423. The largest absolute Gasteiger partial charge is 0.348 e. The Bertz CT molecular complexity index is 752. The van der Waals surface area contributed by atoms with Crippen molar-refractivity contribution < 1.29 is 9.59 Å². The van der Waals surface area contributed by atoms with Crippen LogP contribution in [0.3, 0.4) is 0 Å². The van der Waals surface area contributed by atoms with Crippen LogP contribution in [0.5, 0.6) is 0 Å². The van der Waals surface area contributed by atoms with Crippen LogP contribution < -0.4 is 10.6 Å². The van der Waals surface area contributed by atoms with E-state index in [2.05, 4.69) is 20.6 Å². The minimum Gasteiger partial charge on any atom is -0.348 e. The van der Waals surface area contributed by atoms with Gasteiger partial charge in [-0.2, -0.15) is 0 Å². The second-order valence-corrected chi connectivity index (χ2v) is 6.38. The molecule has 6 heteroatoms. The van der Waals surface area contributed by atoms with Gasteiger partial charge in [-0.3, -0.25) is 9.59 Å². The molecule has 0 unspecified atom stereocenters. The molecule has 2 N–H and O–H groups in total. The van der Waals surface area contributed by atoms with Gasteiger partial charge in [0.05, 0.1) is 0 Å². The Hall–Kier alpha value is -2.76. The summed E-state index contributed by atoms with van der Waals surface area (Å²) in [6.07, 6.45) is 8.35. The minimum absolute atomic E-state index is 0.147. The molecule has 1 aromatic heterocycles. The van der Waals surface area contributed by atoms with E-state index in [0.29, 0.717) is 5.56 Å². The highest BCUT2D eigenvalue weighted by Crippen LogP contribution is 2.18. The Morgan fingerprint density at radius 3 is 2.36 bits per heavy atom. The fraction of sp³-hybridized carbons (Fsp3) is 0.368. The molecule has 25 heavy (non-hydrogen) atoms. The summed E-state index contributed by atoms with van der Waals surface area (Å²) >= 11 is 0. The average molecular weight is 338 g/mol. The van der Waals surface area contributed by atoms with Crippen LogP contribution >= 0.6 is 0 Å². The topological polar surface area (TPSA) is 84.0 Å². The third kappa shape index (κ3) is 4.41. The van der Waals surface area contributed by atoms with E-state index in [4.69, 9.17) is 0 Å². The molecule has 1 saturated carbocycles. The number of aryl methyl sites for hydroxylation is 1.